The lowest BCUT2D eigenvalue weighted by atomic mass is 10.2. The minimum Gasteiger partial charge on any atom is -0.504 e. The number of anilines is 1. The number of hydrogen-bond acceptors (Lipinski definition) is 6. The number of carbonyl (C=O) groups is 1. The molecule has 1 amide bonds. The zero-order valence-corrected chi connectivity index (χ0v) is 18.3. The third-order valence-corrected chi connectivity index (χ3v) is 6.63. The van der Waals surface area contributed by atoms with E-state index in [1.807, 2.05) is 19.1 Å². The Hall–Kier alpha value is -2.64. The lowest BCUT2D eigenvalue weighted by Gasteiger charge is -2.36. The number of rotatable bonds is 3. The first-order chi connectivity index (χ1) is 14.4. The van der Waals surface area contributed by atoms with Crippen molar-refractivity contribution in [2.75, 3.05) is 38.2 Å². The lowest BCUT2D eigenvalue weighted by Crippen LogP contribution is -2.47. The number of methoxy groups -OCH3 is 1. The highest BCUT2D eigenvalue weighted by Crippen LogP contribution is 2.33. The SMILES string of the molecule is COc1cc(/C=C2/SC(N3CCN(c4ccc(C)c(Cl)c4)CC3)=NC2=O)ccc1O. The van der Waals surface area contributed by atoms with Crippen molar-refractivity contribution in [1.82, 2.24) is 4.90 Å². The number of phenols is 1. The van der Waals surface area contributed by atoms with Gasteiger partial charge < -0.3 is 19.6 Å². The Bertz CT molecular complexity index is 1050. The second-order valence-corrected chi connectivity index (χ2v) is 8.57. The number of thioether (sulfide) groups is 1. The molecule has 6 nitrogen and oxygen atoms in total. The molecule has 0 aliphatic carbocycles. The fourth-order valence-electron chi connectivity index (χ4n) is 3.40. The Morgan fingerprint density at radius 2 is 1.87 bits per heavy atom. The summed E-state index contributed by atoms with van der Waals surface area (Å²) in [4.78, 5) is 21.7. The Morgan fingerprint density at radius 1 is 1.13 bits per heavy atom. The number of hydrogen-bond donors (Lipinski definition) is 1. The maximum absolute atomic E-state index is 12.4. The molecule has 0 bridgehead atoms. The molecule has 0 saturated carbocycles. The highest BCUT2D eigenvalue weighted by Gasteiger charge is 2.28. The van der Waals surface area contributed by atoms with E-state index in [-0.39, 0.29) is 11.7 Å². The number of nitrogens with zero attached hydrogens (tertiary/aromatic N) is 3. The summed E-state index contributed by atoms with van der Waals surface area (Å²) in [5.74, 6) is 0.192. The first kappa shape index (κ1) is 20.6. The molecule has 2 aliphatic rings. The van der Waals surface area contributed by atoms with Crippen LogP contribution in [0.15, 0.2) is 46.3 Å². The molecule has 0 unspecified atom stereocenters. The third-order valence-electron chi connectivity index (χ3n) is 5.18. The van der Waals surface area contributed by atoms with Crippen LogP contribution in [0.1, 0.15) is 11.1 Å². The van der Waals surface area contributed by atoms with Crippen molar-refractivity contribution in [3.05, 3.63) is 57.5 Å². The first-order valence-corrected chi connectivity index (χ1v) is 10.8. The van der Waals surface area contributed by atoms with Crippen molar-refractivity contribution < 1.29 is 14.6 Å². The van der Waals surface area contributed by atoms with Crippen molar-refractivity contribution in [1.29, 1.82) is 0 Å². The molecule has 0 aromatic heterocycles. The van der Waals surface area contributed by atoms with Gasteiger partial charge in [-0.1, -0.05) is 23.7 Å². The zero-order chi connectivity index (χ0) is 21.3. The van der Waals surface area contributed by atoms with Gasteiger partial charge in [0.25, 0.3) is 5.91 Å². The maximum atomic E-state index is 12.4. The lowest BCUT2D eigenvalue weighted by molar-refractivity contribution is -0.113. The molecular formula is C22H22ClN3O3S. The summed E-state index contributed by atoms with van der Waals surface area (Å²) in [6.45, 7) is 5.23. The van der Waals surface area contributed by atoms with Crippen molar-refractivity contribution in [2.45, 2.75) is 6.92 Å². The smallest absolute Gasteiger partial charge is 0.286 e. The van der Waals surface area contributed by atoms with Gasteiger partial charge in [0.2, 0.25) is 0 Å². The number of ether oxygens (including phenoxy) is 1. The molecule has 0 radical (unpaired) electrons. The third kappa shape index (κ3) is 4.27. The van der Waals surface area contributed by atoms with Crippen LogP contribution < -0.4 is 9.64 Å². The molecule has 4 rings (SSSR count). The Balaban J connectivity index is 1.41. The van der Waals surface area contributed by atoms with E-state index in [0.717, 1.165) is 53.2 Å². The maximum Gasteiger partial charge on any atom is 0.286 e. The van der Waals surface area contributed by atoms with Gasteiger partial charge in [-0.05, 0) is 60.2 Å². The average Bonchev–Trinajstić information content (AvgIpc) is 3.12. The van der Waals surface area contributed by atoms with E-state index in [1.54, 1.807) is 24.3 Å². The molecule has 2 heterocycles. The number of aliphatic imine (C=N–C) groups is 1. The van der Waals surface area contributed by atoms with Gasteiger partial charge in [0.15, 0.2) is 16.7 Å². The molecule has 0 spiro atoms. The summed E-state index contributed by atoms with van der Waals surface area (Å²) in [5.41, 5.74) is 2.96. The molecular weight excluding hydrogens is 422 g/mol. The Morgan fingerprint density at radius 3 is 2.57 bits per heavy atom. The van der Waals surface area contributed by atoms with Crippen molar-refractivity contribution >= 4 is 46.2 Å². The van der Waals surface area contributed by atoms with Gasteiger partial charge in [-0.2, -0.15) is 4.99 Å². The summed E-state index contributed by atoms with van der Waals surface area (Å²) in [7, 11) is 1.49. The summed E-state index contributed by atoms with van der Waals surface area (Å²) < 4.78 is 5.13. The predicted octanol–water partition coefficient (Wildman–Crippen LogP) is 4.16. The average molecular weight is 444 g/mol. The second-order valence-electron chi connectivity index (χ2n) is 7.15. The molecule has 0 atom stereocenters. The quantitative estimate of drug-likeness (QED) is 0.719. The number of carbonyl (C=O) groups excluding carboxylic acids is 1. The Labute approximate surface area is 184 Å². The summed E-state index contributed by atoms with van der Waals surface area (Å²) in [6.07, 6.45) is 1.77. The highest BCUT2D eigenvalue weighted by molar-refractivity contribution is 8.18. The van der Waals surface area contributed by atoms with E-state index in [0.29, 0.717) is 10.7 Å². The van der Waals surface area contributed by atoms with Gasteiger partial charge >= 0.3 is 0 Å². The summed E-state index contributed by atoms with van der Waals surface area (Å²) in [5, 5.41) is 11.2. The number of phenolic OH excluding ortho intramolecular Hbond substituents is 1. The van der Waals surface area contributed by atoms with Crippen LogP contribution in [-0.4, -0.2) is 54.4 Å². The van der Waals surface area contributed by atoms with E-state index in [2.05, 4.69) is 20.9 Å². The number of aryl methyl sites for hydroxylation is 1. The van der Waals surface area contributed by atoms with Crippen LogP contribution in [0.2, 0.25) is 5.02 Å². The number of piperazine rings is 1. The zero-order valence-electron chi connectivity index (χ0n) is 16.8. The van der Waals surface area contributed by atoms with Gasteiger partial charge in [0.05, 0.1) is 12.0 Å². The topological polar surface area (TPSA) is 65.4 Å². The molecule has 2 aromatic carbocycles. The largest absolute Gasteiger partial charge is 0.504 e. The van der Waals surface area contributed by atoms with Crippen molar-refractivity contribution in [2.24, 2.45) is 4.99 Å². The van der Waals surface area contributed by atoms with E-state index < -0.39 is 0 Å². The number of halogens is 1. The van der Waals surface area contributed by atoms with Crippen molar-refractivity contribution in [3.8, 4) is 11.5 Å². The normalized spacial score (nSPS) is 18.2. The fourth-order valence-corrected chi connectivity index (χ4v) is 4.54. The van der Waals surface area contributed by atoms with Crippen LogP contribution in [-0.2, 0) is 4.79 Å². The van der Waals surface area contributed by atoms with Gasteiger partial charge in [0, 0.05) is 36.9 Å². The van der Waals surface area contributed by atoms with Crippen LogP contribution >= 0.6 is 23.4 Å². The Kier molecular flexibility index (Phi) is 5.92. The van der Waals surface area contributed by atoms with Gasteiger partial charge in [-0.15, -0.1) is 0 Å². The van der Waals surface area contributed by atoms with Gasteiger partial charge in [0.1, 0.15) is 0 Å². The highest BCUT2D eigenvalue weighted by atomic mass is 35.5. The summed E-state index contributed by atoms with van der Waals surface area (Å²) >= 11 is 7.65. The number of amides is 1. The van der Waals surface area contributed by atoms with Crippen LogP contribution in [0.25, 0.3) is 6.08 Å². The molecule has 156 valence electrons. The molecule has 30 heavy (non-hydrogen) atoms. The second kappa shape index (κ2) is 8.62. The number of aromatic hydroxyl groups is 1. The minimum absolute atomic E-state index is 0.0646. The number of amidine groups is 1. The molecule has 8 heteroatoms. The van der Waals surface area contributed by atoms with E-state index >= 15 is 0 Å². The summed E-state index contributed by atoms with van der Waals surface area (Å²) in [6, 6.07) is 11.1. The molecule has 2 aliphatic heterocycles. The molecule has 1 N–H and O–H groups in total. The van der Waals surface area contributed by atoms with Crippen LogP contribution in [0.3, 0.4) is 0 Å². The first-order valence-electron chi connectivity index (χ1n) is 9.60. The monoisotopic (exact) mass is 443 g/mol. The van der Waals surface area contributed by atoms with Crippen LogP contribution in [0.4, 0.5) is 5.69 Å². The molecule has 2 aromatic rings. The van der Waals surface area contributed by atoms with Crippen LogP contribution in [0, 0.1) is 6.92 Å². The van der Waals surface area contributed by atoms with Crippen molar-refractivity contribution in [3.63, 3.8) is 0 Å². The van der Waals surface area contributed by atoms with E-state index in [9.17, 15) is 9.90 Å². The van der Waals surface area contributed by atoms with Crippen LogP contribution in [0.5, 0.6) is 11.5 Å². The van der Waals surface area contributed by atoms with E-state index in [1.165, 1.54) is 18.9 Å². The molecule has 1 saturated heterocycles. The minimum atomic E-state index is -0.241. The van der Waals surface area contributed by atoms with Gasteiger partial charge in [-0.3, -0.25) is 4.79 Å². The predicted molar refractivity (Wildman–Crippen MR) is 123 cm³/mol. The van der Waals surface area contributed by atoms with E-state index in [4.69, 9.17) is 16.3 Å². The standard InChI is InChI=1S/C22H22ClN3O3S/c1-14-3-5-16(13-17(14)23)25-7-9-26(10-8-25)22-24-21(28)20(30-22)12-15-4-6-18(27)19(11-15)29-2/h3-6,11-13,27H,7-10H2,1-2H3/b20-12+. The van der Waals surface area contributed by atoms with Gasteiger partial charge in [-0.25, -0.2) is 0 Å². The molecule has 1 fully saturated rings. The fraction of sp³-hybridized carbons (Fsp3) is 0.273. The number of benzene rings is 2.